The molecule has 1 saturated heterocycles. The van der Waals surface area contributed by atoms with Crippen molar-refractivity contribution in [1.29, 1.82) is 0 Å². The van der Waals surface area contributed by atoms with E-state index in [1.165, 1.54) is 6.42 Å². The molecule has 0 radical (unpaired) electrons. The highest BCUT2D eigenvalue weighted by Gasteiger charge is 2.14. The van der Waals surface area contributed by atoms with Crippen LogP contribution < -0.4 is 5.32 Å². The number of H-pyrrole nitrogens is 1. The number of fused-ring (bicyclic) bond motifs is 1. The van der Waals surface area contributed by atoms with Gasteiger partial charge >= 0.3 is 0 Å². The summed E-state index contributed by atoms with van der Waals surface area (Å²) in [6.07, 6.45) is 6.32. The van der Waals surface area contributed by atoms with Crippen LogP contribution in [0, 0.1) is 0 Å². The second-order valence-electron chi connectivity index (χ2n) is 5.17. The lowest BCUT2D eigenvalue weighted by Gasteiger charge is -2.22. The van der Waals surface area contributed by atoms with Gasteiger partial charge in [-0.05, 0) is 43.9 Å². The molecule has 1 atom stereocenters. The molecule has 0 bridgehead atoms. The number of nitrogens with one attached hydrogen (secondary N) is 2. The predicted octanol–water partition coefficient (Wildman–Crippen LogP) is 2.25. The van der Waals surface area contributed by atoms with Crippen molar-refractivity contribution >= 4 is 16.9 Å². The number of benzene rings is 1. The van der Waals surface area contributed by atoms with E-state index in [0.29, 0.717) is 18.2 Å². The minimum Gasteiger partial charge on any atom is -0.378 e. The summed E-state index contributed by atoms with van der Waals surface area (Å²) < 4.78 is 5.65. The maximum atomic E-state index is 12.1. The van der Waals surface area contributed by atoms with Crippen LogP contribution in [0.4, 0.5) is 0 Å². The van der Waals surface area contributed by atoms with Crippen LogP contribution in [0.2, 0.25) is 0 Å². The van der Waals surface area contributed by atoms with E-state index in [-0.39, 0.29) is 5.91 Å². The van der Waals surface area contributed by atoms with E-state index in [2.05, 4.69) is 15.3 Å². The number of carbonyl (C=O) groups is 1. The summed E-state index contributed by atoms with van der Waals surface area (Å²) in [6.45, 7) is 1.51. The quantitative estimate of drug-likeness (QED) is 0.898. The lowest BCUT2D eigenvalue weighted by molar-refractivity contribution is 0.0117. The molecule has 0 aliphatic carbocycles. The summed E-state index contributed by atoms with van der Waals surface area (Å²) in [5.41, 5.74) is 2.41. The zero-order valence-corrected chi connectivity index (χ0v) is 11.4. The Morgan fingerprint density at radius 2 is 2.40 bits per heavy atom. The number of ether oxygens (including phenoxy) is 1. The van der Waals surface area contributed by atoms with Gasteiger partial charge in [0.05, 0.1) is 23.5 Å². The number of aromatic amines is 1. The number of rotatable bonds is 4. The summed E-state index contributed by atoms with van der Waals surface area (Å²) in [5.74, 6) is -0.0442. The van der Waals surface area contributed by atoms with Crippen molar-refractivity contribution in [1.82, 2.24) is 15.3 Å². The molecule has 1 amide bonds. The molecule has 20 heavy (non-hydrogen) atoms. The molecular formula is C15H19N3O2. The van der Waals surface area contributed by atoms with Crippen LogP contribution in [-0.4, -0.2) is 35.1 Å². The fourth-order valence-corrected chi connectivity index (χ4v) is 2.56. The number of imidazole rings is 1. The number of hydrogen-bond donors (Lipinski definition) is 2. The summed E-state index contributed by atoms with van der Waals surface area (Å²) >= 11 is 0. The van der Waals surface area contributed by atoms with E-state index in [1.807, 2.05) is 12.1 Å². The molecule has 3 rings (SSSR count). The average Bonchev–Trinajstić information content (AvgIpc) is 2.95. The Morgan fingerprint density at radius 1 is 1.45 bits per heavy atom. The van der Waals surface area contributed by atoms with Crippen LogP contribution in [0.5, 0.6) is 0 Å². The van der Waals surface area contributed by atoms with E-state index in [1.54, 1.807) is 12.4 Å². The third kappa shape index (κ3) is 2.99. The van der Waals surface area contributed by atoms with Gasteiger partial charge in [-0.3, -0.25) is 4.79 Å². The second-order valence-corrected chi connectivity index (χ2v) is 5.17. The minimum atomic E-state index is -0.0442. The molecule has 1 aromatic carbocycles. The topological polar surface area (TPSA) is 67.0 Å². The maximum absolute atomic E-state index is 12.1. The van der Waals surface area contributed by atoms with E-state index < -0.39 is 0 Å². The largest absolute Gasteiger partial charge is 0.378 e. The van der Waals surface area contributed by atoms with Crippen molar-refractivity contribution in [3.8, 4) is 0 Å². The van der Waals surface area contributed by atoms with Gasteiger partial charge in [-0.1, -0.05) is 0 Å². The monoisotopic (exact) mass is 273 g/mol. The standard InChI is InChI=1S/C15H19N3O2/c19-15(16-7-6-12-3-1-2-8-20-12)11-4-5-13-14(9-11)18-10-17-13/h4-5,9-10,12H,1-3,6-8H2,(H,16,19)(H,17,18). The lowest BCUT2D eigenvalue weighted by atomic mass is 10.1. The van der Waals surface area contributed by atoms with Crippen LogP contribution in [0.3, 0.4) is 0 Å². The Balaban J connectivity index is 1.53. The number of carbonyl (C=O) groups excluding carboxylic acids is 1. The van der Waals surface area contributed by atoms with Crippen molar-refractivity contribution in [3.63, 3.8) is 0 Å². The zero-order chi connectivity index (χ0) is 13.8. The predicted molar refractivity (Wildman–Crippen MR) is 76.6 cm³/mol. The minimum absolute atomic E-state index is 0.0442. The van der Waals surface area contributed by atoms with Crippen LogP contribution in [-0.2, 0) is 4.74 Å². The molecule has 2 N–H and O–H groups in total. The van der Waals surface area contributed by atoms with Gasteiger partial charge in [-0.2, -0.15) is 0 Å². The summed E-state index contributed by atoms with van der Waals surface area (Å²) in [7, 11) is 0. The first kappa shape index (κ1) is 13.1. The van der Waals surface area contributed by atoms with Crippen molar-refractivity contribution in [2.24, 2.45) is 0 Å². The summed E-state index contributed by atoms with van der Waals surface area (Å²) in [4.78, 5) is 19.2. The van der Waals surface area contributed by atoms with Gasteiger partial charge in [-0.25, -0.2) is 4.98 Å². The fraction of sp³-hybridized carbons (Fsp3) is 0.467. The number of aromatic nitrogens is 2. The molecule has 1 aliphatic heterocycles. The van der Waals surface area contributed by atoms with Gasteiger partial charge in [0, 0.05) is 18.7 Å². The molecule has 106 valence electrons. The molecule has 1 aliphatic rings. The molecule has 2 aromatic rings. The smallest absolute Gasteiger partial charge is 0.251 e. The van der Waals surface area contributed by atoms with Crippen LogP contribution in [0.25, 0.3) is 11.0 Å². The van der Waals surface area contributed by atoms with Gasteiger partial charge in [0.2, 0.25) is 0 Å². The Kier molecular flexibility index (Phi) is 3.97. The average molecular weight is 273 g/mol. The number of amides is 1. The fourth-order valence-electron chi connectivity index (χ4n) is 2.56. The first-order valence-corrected chi connectivity index (χ1v) is 7.16. The van der Waals surface area contributed by atoms with Gasteiger partial charge < -0.3 is 15.0 Å². The maximum Gasteiger partial charge on any atom is 0.251 e. The van der Waals surface area contributed by atoms with E-state index in [0.717, 1.165) is 36.9 Å². The number of nitrogens with zero attached hydrogens (tertiary/aromatic N) is 1. The van der Waals surface area contributed by atoms with Crippen LogP contribution in [0.1, 0.15) is 36.0 Å². The first-order valence-electron chi connectivity index (χ1n) is 7.16. The van der Waals surface area contributed by atoms with Crippen molar-refractivity contribution in [3.05, 3.63) is 30.1 Å². The molecular weight excluding hydrogens is 254 g/mol. The van der Waals surface area contributed by atoms with Crippen LogP contribution in [0.15, 0.2) is 24.5 Å². The Bertz CT molecular complexity index is 588. The molecule has 5 heteroatoms. The molecule has 0 spiro atoms. The third-order valence-electron chi connectivity index (χ3n) is 3.71. The number of hydrogen-bond acceptors (Lipinski definition) is 3. The molecule has 0 saturated carbocycles. The molecule has 1 aromatic heterocycles. The molecule has 5 nitrogen and oxygen atoms in total. The Morgan fingerprint density at radius 3 is 3.25 bits per heavy atom. The Labute approximate surface area is 117 Å². The highest BCUT2D eigenvalue weighted by Crippen LogP contribution is 2.15. The molecule has 1 fully saturated rings. The third-order valence-corrected chi connectivity index (χ3v) is 3.71. The highest BCUT2D eigenvalue weighted by atomic mass is 16.5. The zero-order valence-electron chi connectivity index (χ0n) is 11.4. The van der Waals surface area contributed by atoms with E-state index in [4.69, 9.17) is 4.74 Å². The lowest BCUT2D eigenvalue weighted by Crippen LogP contribution is -2.29. The van der Waals surface area contributed by atoms with Crippen molar-refractivity contribution in [2.75, 3.05) is 13.2 Å². The van der Waals surface area contributed by atoms with Gasteiger partial charge in [-0.15, -0.1) is 0 Å². The SMILES string of the molecule is O=C(NCCC1CCCCO1)c1ccc2nc[nH]c2c1. The normalized spacial score (nSPS) is 19.1. The van der Waals surface area contributed by atoms with E-state index >= 15 is 0 Å². The van der Waals surface area contributed by atoms with Crippen molar-refractivity contribution < 1.29 is 9.53 Å². The van der Waals surface area contributed by atoms with Crippen molar-refractivity contribution in [2.45, 2.75) is 31.8 Å². The molecule has 1 unspecified atom stereocenters. The first-order chi connectivity index (χ1) is 9.83. The molecule has 2 heterocycles. The van der Waals surface area contributed by atoms with Gasteiger partial charge in [0.25, 0.3) is 5.91 Å². The summed E-state index contributed by atoms with van der Waals surface area (Å²) in [6, 6.07) is 5.48. The van der Waals surface area contributed by atoms with Gasteiger partial charge in [0.1, 0.15) is 0 Å². The van der Waals surface area contributed by atoms with Crippen LogP contribution >= 0.6 is 0 Å². The highest BCUT2D eigenvalue weighted by molar-refractivity contribution is 5.97. The summed E-state index contributed by atoms with van der Waals surface area (Å²) in [5, 5.41) is 2.95. The second kappa shape index (κ2) is 6.05. The Hall–Kier alpha value is -1.88. The van der Waals surface area contributed by atoms with E-state index in [9.17, 15) is 4.79 Å². The van der Waals surface area contributed by atoms with Gasteiger partial charge in [0.15, 0.2) is 0 Å².